The van der Waals surface area contributed by atoms with Crippen LogP contribution >= 0.6 is 11.3 Å². The molecule has 2 aromatic heterocycles. The molecule has 1 aliphatic heterocycles. The number of hydrogen-bond acceptors (Lipinski definition) is 4. The van der Waals surface area contributed by atoms with E-state index in [0.717, 1.165) is 29.7 Å². The van der Waals surface area contributed by atoms with Crippen LogP contribution in [0.4, 0.5) is 0 Å². The van der Waals surface area contributed by atoms with Crippen molar-refractivity contribution in [3.63, 3.8) is 0 Å². The van der Waals surface area contributed by atoms with Crippen LogP contribution in [-0.4, -0.2) is 42.2 Å². The van der Waals surface area contributed by atoms with Crippen molar-refractivity contribution < 1.29 is 14.3 Å². The Balaban J connectivity index is 1.50. The molecule has 3 rings (SSSR count). The zero-order valence-corrected chi connectivity index (χ0v) is 13.2. The molecule has 1 aliphatic rings. The summed E-state index contributed by atoms with van der Waals surface area (Å²) >= 11 is 1.59. The third kappa shape index (κ3) is 3.15. The van der Waals surface area contributed by atoms with Crippen LogP contribution < -0.4 is 10.6 Å². The second-order valence-corrected chi connectivity index (χ2v) is 6.33. The number of aryl methyl sites for hydroxylation is 1. The molecule has 118 valence electrons. The van der Waals surface area contributed by atoms with E-state index in [9.17, 15) is 9.59 Å². The Morgan fingerprint density at radius 3 is 3.05 bits per heavy atom. The van der Waals surface area contributed by atoms with Crippen molar-refractivity contribution in [3.8, 4) is 0 Å². The van der Waals surface area contributed by atoms with Crippen LogP contribution in [0.5, 0.6) is 0 Å². The fourth-order valence-electron chi connectivity index (χ4n) is 2.61. The van der Waals surface area contributed by atoms with E-state index in [0.29, 0.717) is 12.2 Å². The number of thiophene rings is 1. The van der Waals surface area contributed by atoms with Gasteiger partial charge in [-0.25, -0.2) is 0 Å². The lowest BCUT2D eigenvalue weighted by atomic mass is 10.2. The Bertz CT molecular complexity index is 685. The maximum atomic E-state index is 12.2. The molecule has 2 amide bonds. The molecule has 1 fully saturated rings. The third-order valence-electron chi connectivity index (χ3n) is 3.86. The van der Waals surface area contributed by atoms with Gasteiger partial charge in [0, 0.05) is 20.2 Å². The average Bonchev–Trinajstić information content (AvgIpc) is 3.22. The summed E-state index contributed by atoms with van der Waals surface area (Å²) in [6.45, 7) is 1.25. The fourth-order valence-corrected chi connectivity index (χ4v) is 3.46. The molecule has 7 heteroatoms. The van der Waals surface area contributed by atoms with Gasteiger partial charge in [-0.05, 0) is 30.4 Å². The summed E-state index contributed by atoms with van der Waals surface area (Å²) in [4.78, 5) is 23.9. The summed E-state index contributed by atoms with van der Waals surface area (Å²) < 4.78 is 8.34. The van der Waals surface area contributed by atoms with E-state index in [1.54, 1.807) is 11.3 Å². The fraction of sp³-hybridized carbons (Fsp3) is 0.467. The molecule has 0 aromatic carbocycles. The monoisotopic (exact) mass is 321 g/mol. The first kappa shape index (κ1) is 15.1. The Hall–Kier alpha value is -1.86. The highest BCUT2D eigenvalue weighted by atomic mass is 32.1. The predicted molar refractivity (Wildman–Crippen MR) is 85.1 cm³/mol. The first-order valence-corrected chi connectivity index (χ1v) is 8.22. The topological polar surface area (TPSA) is 72.4 Å². The molecule has 3 heterocycles. The van der Waals surface area contributed by atoms with Crippen LogP contribution in [0.15, 0.2) is 17.5 Å². The number of nitrogens with zero attached hydrogens (tertiary/aromatic N) is 1. The van der Waals surface area contributed by atoms with Crippen LogP contribution in [-0.2, 0) is 16.6 Å². The highest BCUT2D eigenvalue weighted by Crippen LogP contribution is 2.23. The van der Waals surface area contributed by atoms with Crippen LogP contribution in [0.1, 0.15) is 23.3 Å². The molecule has 2 N–H and O–H groups in total. The molecule has 22 heavy (non-hydrogen) atoms. The molecule has 1 atom stereocenters. The maximum Gasteiger partial charge on any atom is 0.268 e. The Morgan fingerprint density at radius 2 is 2.32 bits per heavy atom. The van der Waals surface area contributed by atoms with Crippen LogP contribution in [0.25, 0.3) is 10.2 Å². The lowest BCUT2D eigenvalue weighted by molar-refractivity contribution is -0.120. The minimum absolute atomic E-state index is 0.0234. The lowest BCUT2D eigenvalue weighted by Crippen LogP contribution is -2.40. The number of fused-ring (bicyclic) bond motifs is 1. The average molecular weight is 321 g/mol. The summed E-state index contributed by atoms with van der Waals surface area (Å²) in [6.07, 6.45) is 2.13. The van der Waals surface area contributed by atoms with Crippen molar-refractivity contribution in [2.45, 2.75) is 18.9 Å². The van der Waals surface area contributed by atoms with Crippen molar-refractivity contribution in [2.24, 2.45) is 7.05 Å². The lowest BCUT2D eigenvalue weighted by Gasteiger charge is -2.11. The van der Waals surface area contributed by atoms with Crippen molar-refractivity contribution in [3.05, 3.63) is 23.2 Å². The van der Waals surface area contributed by atoms with Crippen LogP contribution in [0.2, 0.25) is 0 Å². The van der Waals surface area contributed by atoms with E-state index in [1.807, 2.05) is 29.1 Å². The van der Waals surface area contributed by atoms with E-state index in [1.165, 1.54) is 0 Å². The molecular formula is C15H19N3O3S. The molecule has 0 saturated carbocycles. The van der Waals surface area contributed by atoms with E-state index < -0.39 is 0 Å². The molecule has 0 spiro atoms. The number of rotatable bonds is 5. The highest BCUT2D eigenvalue weighted by Gasteiger charge is 2.17. The zero-order chi connectivity index (χ0) is 15.5. The quantitative estimate of drug-likeness (QED) is 0.871. The molecule has 1 unspecified atom stereocenters. The summed E-state index contributed by atoms with van der Waals surface area (Å²) in [5, 5.41) is 7.43. The Kier molecular flexibility index (Phi) is 4.44. The van der Waals surface area contributed by atoms with Gasteiger partial charge in [0.1, 0.15) is 5.69 Å². The Labute approximate surface area is 132 Å². The molecule has 0 radical (unpaired) electrons. The molecule has 0 bridgehead atoms. The first-order valence-electron chi connectivity index (χ1n) is 7.34. The minimum Gasteiger partial charge on any atom is -0.376 e. The van der Waals surface area contributed by atoms with Crippen LogP contribution in [0, 0.1) is 0 Å². The van der Waals surface area contributed by atoms with Gasteiger partial charge in [-0.1, -0.05) is 0 Å². The van der Waals surface area contributed by atoms with Gasteiger partial charge in [-0.2, -0.15) is 0 Å². The van der Waals surface area contributed by atoms with Gasteiger partial charge in [-0.15, -0.1) is 11.3 Å². The first-order chi connectivity index (χ1) is 10.6. The van der Waals surface area contributed by atoms with E-state index in [-0.39, 0.29) is 24.5 Å². The van der Waals surface area contributed by atoms with Gasteiger partial charge in [0.2, 0.25) is 5.91 Å². The van der Waals surface area contributed by atoms with Crippen LogP contribution in [0.3, 0.4) is 0 Å². The van der Waals surface area contributed by atoms with Gasteiger partial charge in [0.25, 0.3) is 5.91 Å². The second kappa shape index (κ2) is 6.50. The number of nitrogens with one attached hydrogen (secondary N) is 2. The number of amides is 2. The molecule has 6 nitrogen and oxygen atoms in total. The highest BCUT2D eigenvalue weighted by molar-refractivity contribution is 7.17. The summed E-state index contributed by atoms with van der Waals surface area (Å²) in [7, 11) is 1.85. The zero-order valence-electron chi connectivity index (χ0n) is 12.4. The minimum atomic E-state index is -0.238. The standard InChI is InChI=1S/C15H19N3O3S/c1-18-11-4-6-22-13(11)7-12(18)15(20)17-9-14(19)16-8-10-3-2-5-21-10/h4,6-7,10H,2-3,5,8-9H2,1H3,(H,16,19)(H,17,20). The SMILES string of the molecule is Cn1c(C(=O)NCC(=O)NCC2CCCO2)cc2sccc21. The molecular weight excluding hydrogens is 302 g/mol. The largest absolute Gasteiger partial charge is 0.376 e. The van der Waals surface area contributed by atoms with Gasteiger partial charge >= 0.3 is 0 Å². The normalized spacial score (nSPS) is 17.8. The van der Waals surface area contributed by atoms with Crippen molar-refractivity contribution >= 4 is 33.4 Å². The Morgan fingerprint density at radius 1 is 1.45 bits per heavy atom. The number of carbonyl (C=O) groups is 2. The van der Waals surface area contributed by atoms with Crippen molar-refractivity contribution in [1.29, 1.82) is 0 Å². The number of ether oxygens (including phenoxy) is 1. The van der Waals surface area contributed by atoms with Gasteiger partial charge in [0.05, 0.1) is 22.9 Å². The summed E-state index contributed by atoms with van der Waals surface area (Å²) in [5.41, 5.74) is 1.59. The molecule has 0 aliphatic carbocycles. The van der Waals surface area contributed by atoms with Gasteiger partial charge in [-0.3, -0.25) is 9.59 Å². The summed E-state index contributed by atoms with van der Waals surface area (Å²) in [6, 6.07) is 3.82. The van der Waals surface area contributed by atoms with Crippen molar-refractivity contribution in [1.82, 2.24) is 15.2 Å². The maximum absolute atomic E-state index is 12.2. The number of hydrogen-bond donors (Lipinski definition) is 2. The number of carbonyl (C=O) groups excluding carboxylic acids is 2. The predicted octanol–water partition coefficient (Wildman–Crippen LogP) is 1.26. The van der Waals surface area contributed by atoms with E-state index in [4.69, 9.17) is 4.74 Å². The number of aromatic nitrogens is 1. The molecule has 1 saturated heterocycles. The van der Waals surface area contributed by atoms with Gasteiger partial charge < -0.3 is 19.9 Å². The van der Waals surface area contributed by atoms with Gasteiger partial charge in [0.15, 0.2) is 0 Å². The second-order valence-electron chi connectivity index (χ2n) is 5.38. The molecule has 2 aromatic rings. The van der Waals surface area contributed by atoms with E-state index >= 15 is 0 Å². The van der Waals surface area contributed by atoms with Crippen molar-refractivity contribution in [2.75, 3.05) is 19.7 Å². The third-order valence-corrected chi connectivity index (χ3v) is 4.71. The summed E-state index contributed by atoms with van der Waals surface area (Å²) in [5.74, 6) is -0.432. The van der Waals surface area contributed by atoms with E-state index in [2.05, 4.69) is 10.6 Å². The smallest absolute Gasteiger partial charge is 0.268 e.